The normalized spacial score (nSPS) is 10.2. The molecule has 81 valence electrons. The Balaban J connectivity index is 2.38. The lowest BCUT2D eigenvalue weighted by molar-refractivity contribution is 0.379. The van der Waals surface area contributed by atoms with Crippen molar-refractivity contribution in [1.82, 2.24) is 9.97 Å². The summed E-state index contributed by atoms with van der Waals surface area (Å²) >= 11 is 5.67. The molecule has 0 spiro atoms. The molecule has 0 amide bonds. The first-order valence-corrected chi connectivity index (χ1v) is 4.82. The summed E-state index contributed by atoms with van der Waals surface area (Å²) in [5.41, 5.74) is 1.33. The van der Waals surface area contributed by atoms with Gasteiger partial charge in [-0.3, -0.25) is 0 Å². The number of ether oxygens (including phenoxy) is 1. The second-order valence-electron chi connectivity index (χ2n) is 3.01. The van der Waals surface area contributed by atoms with Gasteiger partial charge in [0.15, 0.2) is 0 Å². The fraction of sp³-hybridized carbons (Fsp3) is 0.0909. The number of methoxy groups -OCH3 is 1. The number of rotatable bonds is 2. The molecule has 5 heteroatoms. The minimum absolute atomic E-state index is 0.0571. The van der Waals surface area contributed by atoms with Crippen LogP contribution in [0.1, 0.15) is 0 Å². The molecule has 0 atom stereocenters. The van der Waals surface area contributed by atoms with Crippen LogP contribution in [0.15, 0.2) is 24.4 Å². The van der Waals surface area contributed by atoms with Crippen LogP contribution >= 0.6 is 11.6 Å². The van der Waals surface area contributed by atoms with Crippen LogP contribution in [0.25, 0.3) is 11.1 Å². The molecule has 0 unspecified atom stereocenters. The molecule has 1 heterocycles. The third-order valence-electron chi connectivity index (χ3n) is 1.99. The molecule has 0 N–H and O–H groups in total. The van der Waals surface area contributed by atoms with Gasteiger partial charge in [-0.05, 0) is 17.7 Å². The lowest BCUT2D eigenvalue weighted by atomic mass is 10.1. The van der Waals surface area contributed by atoms with E-state index in [-0.39, 0.29) is 11.0 Å². The first-order valence-electron chi connectivity index (χ1n) is 4.45. The SMILES string of the molecule is COc1n[c]c(-c2ccc(F)c(Cl)c2)cn1. The van der Waals surface area contributed by atoms with E-state index in [1.54, 1.807) is 6.07 Å². The molecule has 0 aliphatic rings. The third-order valence-corrected chi connectivity index (χ3v) is 2.28. The van der Waals surface area contributed by atoms with Crippen molar-refractivity contribution in [3.63, 3.8) is 0 Å². The maximum absolute atomic E-state index is 12.9. The van der Waals surface area contributed by atoms with Gasteiger partial charge in [0.2, 0.25) is 0 Å². The first-order chi connectivity index (χ1) is 7.70. The van der Waals surface area contributed by atoms with Crippen molar-refractivity contribution in [2.24, 2.45) is 0 Å². The highest BCUT2D eigenvalue weighted by molar-refractivity contribution is 6.31. The van der Waals surface area contributed by atoms with Gasteiger partial charge in [-0.15, -0.1) is 0 Å². The molecule has 3 nitrogen and oxygen atoms in total. The Hall–Kier alpha value is -1.68. The van der Waals surface area contributed by atoms with Gasteiger partial charge in [0, 0.05) is 11.8 Å². The summed E-state index contributed by atoms with van der Waals surface area (Å²) in [7, 11) is 1.47. The van der Waals surface area contributed by atoms with Gasteiger partial charge in [0.1, 0.15) is 12.0 Å². The predicted octanol–water partition coefficient (Wildman–Crippen LogP) is 2.74. The number of halogens is 2. The summed E-state index contributed by atoms with van der Waals surface area (Å²) < 4.78 is 17.7. The maximum Gasteiger partial charge on any atom is 0.316 e. The number of nitrogens with zero attached hydrogens (tertiary/aromatic N) is 2. The molecular formula is C11H7ClFN2O. The highest BCUT2D eigenvalue weighted by atomic mass is 35.5. The highest BCUT2D eigenvalue weighted by Crippen LogP contribution is 2.23. The molecule has 0 bridgehead atoms. The zero-order chi connectivity index (χ0) is 11.5. The Kier molecular flexibility index (Phi) is 3.01. The molecule has 1 aromatic carbocycles. The van der Waals surface area contributed by atoms with E-state index in [4.69, 9.17) is 16.3 Å². The Bertz CT molecular complexity index is 502. The number of benzene rings is 1. The van der Waals surface area contributed by atoms with Gasteiger partial charge in [0.25, 0.3) is 0 Å². The van der Waals surface area contributed by atoms with Crippen LogP contribution in [0.3, 0.4) is 0 Å². The largest absolute Gasteiger partial charge is 0.467 e. The number of hydrogen-bond donors (Lipinski definition) is 0. The van der Waals surface area contributed by atoms with Crippen molar-refractivity contribution in [3.05, 3.63) is 41.4 Å². The Morgan fingerprint density at radius 3 is 2.81 bits per heavy atom. The van der Waals surface area contributed by atoms with Gasteiger partial charge in [-0.1, -0.05) is 17.7 Å². The minimum atomic E-state index is -0.458. The van der Waals surface area contributed by atoms with E-state index in [2.05, 4.69) is 16.2 Å². The van der Waals surface area contributed by atoms with Gasteiger partial charge in [-0.2, -0.15) is 4.98 Å². The van der Waals surface area contributed by atoms with E-state index in [0.29, 0.717) is 11.1 Å². The van der Waals surface area contributed by atoms with Crippen LogP contribution in [0, 0.1) is 12.0 Å². The average molecular weight is 238 g/mol. The summed E-state index contributed by atoms with van der Waals surface area (Å²) in [6.07, 6.45) is 4.27. The van der Waals surface area contributed by atoms with E-state index >= 15 is 0 Å². The standard InChI is InChI=1S/C11H7ClFN2O/c1-16-11-14-5-8(6-15-11)7-2-3-10(13)9(12)4-7/h2-5H,1H3. The van der Waals surface area contributed by atoms with Crippen LogP contribution in [-0.2, 0) is 0 Å². The summed E-state index contributed by atoms with van der Waals surface area (Å²) in [6, 6.07) is 4.61. The molecule has 0 fully saturated rings. The van der Waals surface area contributed by atoms with Crippen LogP contribution in [0.2, 0.25) is 5.02 Å². The minimum Gasteiger partial charge on any atom is -0.467 e. The molecule has 0 saturated heterocycles. The van der Waals surface area contributed by atoms with Crippen LogP contribution in [-0.4, -0.2) is 17.1 Å². The molecular weight excluding hydrogens is 231 g/mol. The van der Waals surface area contributed by atoms with Crippen LogP contribution < -0.4 is 4.74 Å². The zero-order valence-electron chi connectivity index (χ0n) is 8.37. The van der Waals surface area contributed by atoms with Crippen LogP contribution in [0.4, 0.5) is 4.39 Å². The van der Waals surface area contributed by atoms with E-state index in [1.165, 1.54) is 25.4 Å². The summed E-state index contributed by atoms with van der Waals surface area (Å²) in [5, 5.41) is 0.0571. The second kappa shape index (κ2) is 4.45. The Morgan fingerprint density at radius 2 is 2.25 bits per heavy atom. The summed E-state index contributed by atoms with van der Waals surface area (Å²) in [5.74, 6) is -0.458. The zero-order valence-corrected chi connectivity index (χ0v) is 9.12. The van der Waals surface area contributed by atoms with E-state index in [1.807, 2.05) is 0 Å². The first kappa shape index (κ1) is 10.8. The lowest BCUT2D eigenvalue weighted by Gasteiger charge is -2.02. The third kappa shape index (κ3) is 2.12. The fourth-order valence-electron chi connectivity index (χ4n) is 1.19. The summed E-state index contributed by atoms with van der Waals surface area (Å²) in [4.78, 5) is 7.75. The topological polar surface area (TPSA) is 35.0 Å². The van der Waals surface area contributed by atoms with E-state index < -0.39 is 5.82 Å². The van der Waals surface area contributed by atoms with Gasteiger partial charge >= 0.3 is 6.01 Å². The molecule has 0 aliphatic heterocycles. The lowest BCUT2D eigenvalue weighted by Crippen LogP contribution is -1.92. The fourth-order valence-corrected chi connectivity index (χ4v) is 1.37. The van der Waals surface area contributed by atoms with Crippen molar-refractivity contribution in [3.8, 4) is 17.1 Å². The molecule has 1 radical (unpaired) electrons. The molecule has 2 rings (SSSR count). The van der Waals surface area contributed by atoms with Crippen LogP contribution in [0.5, 0.6) is 6.01 Å². The predicted molar refractivity (Wildman–Crippen MR) is 57.8 cm³/mol. The van der Waals surface area contributed by atoms with Crippen molar-refractivity contribution in [2.45, 2.75) is 0 Å². The highest BCUT2D eigenvalue weighted by Gasteiger charge is 2.04. The number of hydrogen-bond acceptors (Lipinski definition) is 3. The average Bonchev–Trinajstić information content (AvgIpc) is 2.33. The van der Waals surface area contributed by atoms with Gasteiger partial charge < -0.3 is 4.74 Å². The van der Waals surface area contributed by atoms with Gasteiger partial charge in [0.05, 0.1) is 12.1 Å². The molecule has 0 aliphatic carbocycles. The van der Waals surface area contributed by atoms with Gasteiger partial charge in [-0.25, -0.2) is 9.37 Å². The molecule has 2 aromatic rings. The van der Waals surface area contributed by atoms with Crippen molar-refractivity contribution in [1.29, 1.82) is 0 Å². The molecule has 1 aromatic heterocycles. The second-order valence-corrected chi connectivity index (χ2v) is 3.42. The summed E-state index contributed by atoms with van der Waals surface area (Å²) in [6.45, 7) is 0. The Labute approximate surface area is 96.9 Å². The Morgan fingerprint density at radius 1 is 1.44 bits per heavy atom. The quantitative estimate of drug-likeness (QED) is 0.806. The van der Waals surface area contributed by atoms with Crippen molar-refractivity contribution < 1.29 is 9.13 Å². The molecule has 16 heavy (non-hydrogen) atoms. The van der Waals surface area contributed by atoms with E-state index in [0.717, 1.165) is 0 Å². The smallest absolute Gasteiger partial charge is 0.316 e. The van der Waals surface area contributed by atoms with Crippen molar-refractivity contribution in [2.75, 3.05) is 7.11 Å². The number of aromatic nitrogens is 2. The molecule has 0 saturated carbocycles. The van der Waals surface area contributed by atoms with E-state index in [9.17, 15) is 4.39 Å². The monoisotopic (exact) mass is 237 g/mol. The van der Waals surface area contributed by atoms with Crippen molar-refractivity contribution >= 4 is 11.6 Å². The maximum atomic E-state index is 12.9.